The number of hydrogen-bond acceptors (Lipinski definition) is 5. The lowest BCUT2D eigenvalue weighted by Crippen LogP contribution is -2.25. The minimum Gasteiger partial charge on any atom is -0.493 e. The van der Waals surface area contributed by atoms with Crippen LogP contribution in [0.2, 0.25) is 5.02 Å². The number of rotatable bonds is 8. The molecule has 0 aromatic heterocycles. The van der Waals surface area contributed by atoms with E-state index in [0.717, 1.165) is 6.42 Å². The van der Waals surface area contributed by atoms with Crippen molar-refractivity contribution >= 4 is 21.6 Å². The van der Waals surface area contributed by atoms with Crippen molar-refractivity contribution in [1.82, 2.24) is 4.72 Å². The zero-order valence-electron chi connectivity index (χ0n) is 11.5. The van der Waals surface area contributed by atoms with Gasteiger partial charge in [-0.3, -0.25) is 0 Å². The Balaban J connectivity index is 2.99. The van der Waals surface area contributed by atoms with Crippen LogP contribution in [0.3, 0.4) is 0 Å². The van der Waals surface area contributed by atoms with Gasteiger partial charge in [0.2, 0.25) is 10.0 Å². The number of methoxy groups -OCH3 is 2. The van der Waals surface area contributed by atoms with Crippen molar-refractivity contribution in [2.75, 3.05) is 27.3 Å². The molecule has 0 atom stereocenters. The molecule has 20 heavy (non-hydrogen) atoms. The molecule has 8 heteroatoms. The standard InChI is InChI=1S/C12H19ClN2O4S/c1-18-10-7-9(13)12(8-11(10)19-2)20(16,17)15-6-4-3-5-14/h7-8,15H,3-6,14H2,1-2H3. The molecular weight excluding hydrogens is 304 g/mol. The van der Waals surface area contributed by atoms with Crippen molar-refractivity contribution in [2.45, 2.75) is 17.7 Å². The van der Waals surface area contributed by atoms with E-state index in [4.69, 9.17) is 26.8 Å². The molecule has 1 aromatic rings. The molecule has 1 aromatic carbocycles. The van der Waals surface area contributed by atoms with E-state index in [-0.39, 0.29) is 9.92 Å². The van der Waals surface area contributed by atoms with Crippen LogP contribution in [0.15, 0.2) is 17.0 Å². The first-order valence-corrected chi connectivity index (χ1v) is 7.93. The summed E-state index contributed by atoms with van der Waals surface area (Å²) in [7, 11) is -0.808. The second kappa shape index (κ2) is 7.68. The predicted octanol–water partition coefficient (Wildman–Crippen LogP) is 1.37. The highest BCUT2D eigenvalue weighted by atomic mass is 35.5. The largest absolute Gasteiger partial charge is 0.493 e. The maximum Gasteiger partial charge on any atom is 0.242 e. The highest BCUT2D eigenvalue weighted by molar-refractivity contribution is 7.89. The van der Waals surface area contributed by atoms with Gasteiger partial charge in [0, 0.05) is 18.7 Å². The molecule has 3 N–H and O–H groups in total. The van der Waals surface area contributed by atoms with Crippen LogP contribution in [-0.2, 0) is 10.0 Å². The lowest BCUT2D eigenvalue weighted by atomic mass is 10.3. The Morgan fingerprint density at radius 2 is 1.80 bits per heavy atom. The summed E-state index contributed by atoms with van der Waals surface area (Å²) in [6.07, 6.45) is 1.42. The van der Waals surface area contributed by atoms with Crippen LogP contribution < -0.4 is 19.9 Å². The number of unbranched alkanes of at least 4 members (excludes halogenated alkanes) is 1. The Kier molecular flexibility index (Phi) is 6.54. The molecule has 0 amide bonds. The Hall–Kier alpha value is -1.02. The molecule has 0 unspecified atom stereocenters. The molecular formula is C12H19ClN2O4S. The third-order valence-corrected chi connectivity index (χ3v) is 4.58. The van der Waals surface area contributed by atoms with Gasteiger partial charge in [-0.15, -0.1) is 0 Å². The average molecular weight is 323 g/mol. The minimum atomic E-state index is -3.69. The summed E-state index contributed by atoms with van der Waals surface area (Å²) in [5.74, 6) is 0.679. The molecule has 0 aliphatic rings. The highest BCUT2D eigenvalue weighted by Crippen LogP contribution is 2.35. The zero-order chi connectivity index (χ0) is 15.2. The normalized spacial score (nSPS) is 11.4. The van der Waals surface area contributed by atoms with Gasteiger partial charge in [-0.1, -0.05) is 11.6 Å². The van der Waals surface area contributed by atoms with E-state index in [1.807, 2.05) is 0 Å². The first kappa shape index (κ1) is 17.0. The summed E-state index contributed by atoms with van der Waals surface area (Å²) in [6, 6.07) is 2.75. The Labute approximate surface area is 124 Å². The van der Waals surface area contributed by atoms with Crippen molar-refractivity contribution in [3.05, 3.63) is 17.2 Å². The highest BCUT2D eigenvalue weighted by Gasteiger charge is 2.20. The summed E-state index contributed by atoms with van der Waals surface area (Å²) in [5.41, 5.74) is 5.35. The van der Waals surface area contributed by atoms with Crippen LogP contribution in [0, 0.1) is 0 Å². The van der Waals surface area contributed by atoms with Gasteiger partial charge >= 0.3 is 0 Å². The Morgan fingerprint density at radius 3 is 2.35 bits per heavy atom. The average Bonchev–Trinajstić information content (AvgIpc) is 2.43. The molecule has 114 valence electrons. The van der Waals surface area contributed by atoms with E-state index in [9.17, 15) is 8.42 Å². The molecule has 0 saturated heterocycles. The van der Waals surface area contributed by atoms with Crippen molar-refractivity contribution < 1.29 is 17.9 Å². The van der Waals surface area contributed by atoms with E-state index >= 15 is 0 Å². The lowest BCUT2D eigenvalue weighted by molar-refractivity contribution is 0.354. The summed E-state index contributed by atoms with van der Waals surface area (Å²) in [5, 5.41) is 0.0778. The van der Waals surface area contributed by atoms with E-state index in [1.165, 1.54) is 26.4 Å². The maximum atomic E-state index is 12.2. The molecule has 0 spiro atoms. The van der Waals surface area contributed by atoms with Gasteiger partial charge in [-0.25, -0.2) is 13.1 Å². The molecule has 0 fully saturated rings. The molecule has 1 rings (SSSR count). The van der Waals surface area contributed by atoms with Crippen LogP contribution in [-0.4, -0.2) is 35.7 Å². The number of ether oxygens (including phenoxy) is 2. The van der Waals surface area contributed by atoms with Gasteiger partial charge in [0.05, 0.1) is 19.2 Å². The third-order valence-electron chi connectivity index (χ3n) is 2.65. The fourth-order valence-corrected chi connectivity index (χ4v) is 3.20. The predicted molar refractivity (Wildman–Crippen MR) is 78.0 cm³/mol. The van der Waals surface area contributed by atoms with Gasteiger partial charge in [0.25, 0.3) is 0 Å². The molecule has 0 saturated carbocycles. The zero-order valence-corrected chi connectivity index (χ0v) is 13.1. The summed E-state index contributed by atoms with van der Waals surface area (Å²) >= 11 is 5.99. The first-order chi connectivity index (χ1) is 9.46. The van der Waals surface area contributed by atoms with Crippen LogP contribution in [0.5, 0.6) is 11.5 Å². The van der Waals surface area contributed by atoms with Crippen molar-refractivity contribution in [1.29, 1.82) is 0 Å². The number of sulfonamides is 1. The lowest BCUT2D eigenvalue weighted by Gasteiger charge is -2.12. The fourth-order valence-electron chi connectivity index (χ4n) is 1.60. The van der Waals surface area contributed by atoms with Crippen molar-refractivity contribution in [3.8, 4) is 11.5 Å². The number of hydrogen-bond donors (Lipinski definition) is 2. The van der Waals surface area contributed by atoms with Crippen molar-refractivity contribution in [3.63, 3.8) is 0 Å². The van der Waals surface area contributed by atoms with Crippen LogP contribution in [0.25, 0.3) is 0 Å². The molecule has 0 aliphatic carbocycles. The molecule has 0 bridgehead atoms. The van der Waals surface area contributed by atoms with Crippen LogP contribution in [0.4, 0.5) is 0 Å². The van der Waals surface area contributed by atoms with Gasteiger partial charge < -0.3 is 15.2 Å². The smallest absolute Gasteiger partial charge is 0.242 e. The monoisotopic (exact) mass is 322 g/mol. The van der Waals surface area contributed by atoms with Crippen molar-refractivity contribution in [2.24, 2.45) is 5.73 Å². The third kappa shape index (κ3) is 4.24. The molecule has 0 heterocycles. The van der Waals surface area contributed by atoms with E-state index in [0.29, 0.717) is 31.0 Å². The van der Waals surface area contributed by atoms with Gasteiger partial charge in [0.1, 0.15) is 4.90 Å². The number of nitrogens with two attached hydrogens (primary N) is 1. The topological polar surface area (TPSA) is 90.7 Å². The first-order valence-electron chi connectivity index (χ1n) is 6.07. The summed E-state index contributed by atoms with van der Waals surface area (Å²) in [6.45, 7) is 0.836. The van der Waals surface area contributed by atoms with Gasteiger partial charge in [0.15, 0.2) is 11.5 Å². The quantitative estimate of drug-likeness (QED) is 0.705. The number of nitrogens with one attached hydrogen (secondary N) is 1. The number of benzene rings is 1. The second-order valence-corrected chi connectivity index (χ2v) is 6.17. The fraction of sp³-hybridized carbons (Fsp3) is 0.500. The molecule has 0 aliphatic heterocycles. The van der Waals surface area contributed by atoms with E-state index in [2.05, 4.69) is 4.72 Å². The van der Waals surface area contributed by atoms with Crippen LogP contribution in [0.1, 0.15) is 12.8 Å². The molecule has 0 radical (unpaired) electrons. The summed E-state index contributed by atoms with van der Waals surface area (Å²) in [4.78, 5) is -0.0374. The maximum absolute atomic E-state index is 12.2. The van der Waals surface area contributed by atoms with Gasteiger partial charge in [-0.05, 0) is 19.4 Å². The van der Waals surface area contributed by atoms with E-state index in [1.54, 1.807) is 0 Å². The summed E-state index contributed by atoms with van der Waals surface area (Å²) < 4.78 is 36.9. The molecule has 6 nitrogen and oxygen atoms in total. The van der Waals surface area contributed by atoms with Gasteiger partial charge in [-0.2, -0.15) is 0 Å². The Morgan fingerprint density at radius 1 is 1.20 bits per heavy atom. The Bertz CT molecular complexity index is 549. The van der Waals surface area contributed by atoms with Crippen LogP contribution >= 0.6 is 11.6 Å². The number of halogens is 1. The SMILES string of the molecule is COc1cc(Cl)c(S(=O)(=O)NCCCCN)cc1OC. The second-order valence-electron chi connectivity index (χ2n) is 4.03. The van der Waals surface area contributed by atoms with E-state index < -0.39 is 10.0 Å². The minimum absolute atomic E-state index is 0.0374.